The summed E-state index contributed by atoms with van der Waals surface area (Å²) in [5.41, 5.74) is 14.7. The summed E-state index contributed by atoms with van der Waals surface area (Å²) in [5.74, 6) is 0. The highest BCUT2D eigenvalue weighted by molar-refractivity contribution is 5.63. The van der Waals surface area contributed by atoms with E-state index in [1.54, 1.807) is 0 Å². The van der Waals surface area contributed by atoms with Crippen molar-refractivity contribution in [1.29, 1.82) is 0 Å². The number of aryl methyl sites for hydroxylation is 2. The van der Waals surface area contributed by atoms with Crippen molar-refractivity contribution >= 4 is 11.4 Å². The maximum Gasteiger partial charge on any atom is 0.0431 e. The number of hydrogen-bond donors (Lipinski definition) is 1. The van der Waals surface area contributed by atoms with Crippen LogP contribution in [0.1, 0.15) is 27.8 Å². The monoisotopic (exact) mass is 268 g/mol. The van der Waals surface area contributed by atoms with Crippen LogP contribution in [0.25, 0.3) is 0 Å². The molecule has 0 spiro atoms. The largest absolute Gasteiger partial charge is 0.399 e. The van der Waals surface area contributed by atoms with Crippen molar-refractivity contribution in [3.8, 4) is 0 Å². The first-order valence-corrected chi connectivity index (χ1v) is 7.03. The molecule has 0 saturated carbocycles. The quantitative estimate of drug-likeness (QED) is 0.848. The summed E-state index contributed by atoms with van der Waals surface area (Å²) in [4.78, 5) is 2.32. The van der Waals surface area contributed by atoms with Gasteiger partial charge in [0.2, 0.25) is 0 Å². The molecular weight excluding hydrogens is 244 g/mol. The molecule has 0 aliphatic rings. The van der Waals surface area contributed by atoms with E-state index in [-0.39, 0.29) is 0 Å². The standard InChI is InChI=1S/C18H24N2/c1-12-9-13(2)15(4)18(14(12)3)20(5)11-16-7-6-8-17(19)10-16/h6-10H,11,19H2,1-5H3. The molecule has 2 rings (SSSR count). The van der Waals surface area contributed by atoms with Gasteiger partial charge in [-0.1, -0.05) is 18.2 Å². The molecule has 0 fully saturated rings. The van der Waals surface area contributed by atoms with Gasteiger partial charge in [-0.3, -0.25) is 0 Å². The molecule has 2 heteroatoms. The molecule has 2 nitrogen and oxygen atoms in total. The lowest BCUT2D eigenvalue weighted by Crippen LogP contribution is -2.19. The summed E-state index contributed by atoms with van der Waals surface area (Å²) in [6.07, 6.45) is 0. The molecule has 0 heterocycles. The van der Waals surface area contributed by atoms with Crippen LogP contribution in [0.3, 0.4) is 0 Å². The Hall–Kier alpha value is -1.96. The molecule has 0 aromatic heterocycles. The Morgan fingerprint density at radius 3 is 2.10 bits per heavy atom. The summed E-state index contributed by atoms with van der Waals surface area (Å²) in [6, 6.07) is 10.4. The lowest BCUT2D eigenvalue weighted by atomic mass is 9.97. The first-order chi connectivity index (χ1) is 9.40. The molecule has 2 N–H and O–H groups in total. The molecule has 2 aromatic rings. The lowest BCUT2D eigenvalue weighted by Gasteiger charge is -2.26. The minimum absolute atomic E-state index is 0.824. The SMILES string of the molecule is Cc1cc(C)c(C)c(N(C)Cc2cccc(N)c2)c1C. The molecule has 0 unspecified atom stereocenters. The van der Waals surface area contributed by atoms with Gasteiger partial charge < -0.3 is 10.6 Å². The summed E-state index contributed by atoms with van der Waals surface area (Å²) in [7, 11) is 2.15. The molecule has 2 aromatic carbocycles. The summed E-state index contributed by atoms with van der Waals surface area (Å²) >= 11 is 0. The fraction of sp³-hybridized carbons (Fsp3) is 0.333. The minimum Gasteiger partial charge on any atom is -0.399 e. The van der Waals surface area contributed by atoms with Gasteiger partial charge in [0.05, 0.1) is 0 Å². The Kier molecular flexibility index (Phi) is 4.03. The predicted octanol–water partition coefficient (Wildman–Crippen LogP) is 4.14. The predicted molar refractivity (Wildman–Crippen MR) is 88.4 cm³/mol. The van der Waals surface area contributed by atoms with Gasteiger partial charge in [-0.15, -0.1) is 0 Å². The smallest absolute Gasteiger partial charge is 0.0431 e. The van der Waals surface area contributed by atoms with E-state index in [9.17, 15) is 0 Å². The second-order valence-corrected chi connectivity index (χ2v) is 5.71. The van der Waals surface area contributed by atoms with Crippen LogP contribution in [0.5, 0.6) is 0 Å². The van der Waals surface area contributed by atoms with Crippen LogP contribution in [0.4, 0.5) is 11.4 Å². The average molecular weight is 268 g/mol. The van der Waals surface area contributed by atoms with Crippen LogP contribution in [0.2, 0.25) is 0 Å². The van der Waals surface area contributed by atoms with Crippen molar-refractivity contribution in [1.82, 2.24) is 0 Å². The van der Waals surface area contributed by atoms with Gasteiger partial charge in [0.25, 0.3) is 0 Å². The zero-order chi connectivity index (χ0) is 14.9. The van der Waals surface area contributed by atoms with Crippen molar-refractivity contribution in [2.24, 2.45) is 0 Å². The van der Waals surface area contributed by atoms with Crippen molar-refractivity contribution in [3.05, 3.63) is 58.1 Å². The van der Waals surface area contributed by atoms with E-state index in [1.165, 1.54) is 33.5 Å². The Morgan fingerprint density at radius 2 is 1.55 bits per heavy atom. The molecule has 106 valence electrons. The van der Waals surface area contributed by atoms with Gasteiger partial charge >= 0.3 is 0 Å². The highest BCUT2D eigenvalue weighted by Crippen LogP contribution is 2.30. The first kappa shape index (κ1) is 14.4. The Morgan fingerprint density at radius 1 is 0.950 bits per heavy atom. The molecule has 0 aliphatic heterocycles. The van der Waals surface area contributed by atoms with Crippen LogP contribution in [0.15, 0.2) is 30.3 Å². The van der Waals surface area contributed by atoms with E-state index in [0.29, 0.717) is 0 Å². The van der Waals surface area contributed by atoms with Crippen molar-refractivity contribution in [3.63, 3.8) is 0 Å². The van der Waals surface area contributed by atoms with Crippen molar-refractivity contribution in [2.45, 2.75) is 34.2 Å². The third-order valence-electron chi connectivity index (χ3n) is 4.08. The number of rotatable bonds is 3. The average Bonchev–Trinajstić information content (AvgIpc) is 2.36. The number of anilines is 2. The van der Waals surface area contributed by atoms with Crippen molar-refractivity contribution < 1.29 is 0 Å². The van der Waals surface area contributed by atoms with E-state index >= 15 is 0 Å². The number of benzene rings is 2. The van der Waals surface area contributed by atoms with Gasteiger partial charge in [-0.05, 0) is 67.6 Å². The highest BCUT2D eigenvalue weighted by atomic mass is 15.1. The number of hydrogen-bond acceptors (Lipinski definition) is 2. The number of nitrogens with two attached hydrogens (primary N) is 1. The third-order valence-corrected chi connectivity index (χ3v) is 4.08. The summed E-state index contributed by atoms with van der Waals surface area (Å²) in [6.45, 7) is 9.63. The van der Waals surface area contributed by atoms with Crippen molar-refractivity contribution in [2.75, 3.05) is 17.7 Å². The lowest BCUT2D eigenvalue weighted by molar-refractivity contribution is 0.907. The minimum atomic E-state index is 0.824. The molecule has 0 saturated heterocycles. The van der Waals surface area contributed by atoms with Crippen LogP contribution in [-0.4, -0.2) is 7.05 Å². The maximum absolute atomic E-state index is 5.86. The normalized spacial score (nSPS) is 10.7. The van der Waals surface area contributed by atoms with Crippen LogP contribution in [-0.2, 0) is 6.54 Å². The fourth-order valence-electron chi connectivity index (χ4n) is 2.81. The number of nitrogens with zero attached hydrogens (tertiary/aromatic N) is 1. The second kappa shape index (κ2) is 5.58. The third kappa shape index (κ3) is 2.79. The Bertz CT molecular complexity index is 603. The van der Waals surface area contributed by atoms with Crippen LogP contribution < -0.4 is 10.6 Å². The van der Waals surface area contributed by atoms with E-state index in [4.69, 9.17) is 5.73 Å². The van der Waals surface area contributed by atoms with Gasteiger partial charge in [-0.25, -0.2) is 0 Å². The van der Waals surface area contributed by atoms with E-state index in [1.807, 2.05) is 18.2 Å². The number of nitrogen functional groups attached to an aromatic ring is 1. The molecule has 20 heavy (non-hydrogen) atoms. The van der Waals surface area contributed by atoms with Gasteiger partial charge in [0.15, 0.2) is 0 Å². The second-order valence-electron chi connectivity index (χ2n) is 5.71. The van der Waals surface area contributed by atoms with Gasteiger partial charge in [0, 0.05) is 25.0 Å². The first-order valence-electron chi connectivity index (χ1n) is 7.03. The molecular formula is C18H24N2. The Labute approximate surface area is 122 Å². The zero-order valence-corrected chi connectivity index (χ0v) is 13.1. The van der Waals surface area contributed by atoms with Gasteiger partial charge in [0.1, 0.15) is 0 Å². The topological polar surface area (TPSA) is 29.3 Å². The van der Waals surface area contributed by atoms with Gasteiger partial charge in [-0.2, -0.15) is 0 Å². The Balaban J connectivity index is 2.37. The van der Waals surface area contributed by atoms with Crippen LogP contribution >= 0.6 is 0 Å². The zero-order valence-electron chi connectivity index (χ0n) is 13.1. The van der Waals surface area contributed by atoms with E-state index in [0.717, 1.165) is 12.2 Å². The van der Waals surface area contributed by atoms with E-state index < -0.39 is 0 Å². The summed E-state index contributed by atoms with van der Waals surface area (Å²) < 4.78 is 0. The summed E-state index contributed by atoms with van der Waals surface area (Å²) in [5, 5.41) is 0. The maximum atomic E-state index is 5.86. The van der Waals surface area contributed by atoms with E-state index in [2.05, 4.69) is 51.8 Å². The molecule has 0 atom stereocenters. The fourth-order valence-corrected chi connectivity index (χ4v) is 2.81. The molecule has 0 bridgehead atoms. The highest BCUT2D eigenvalue weighted by Gasteiger charge is 2.12. The van der Waals surface area contributed by atoms with Crippen LogP contribution in [0, 0.1) is 27.7 Å². The molecule has 0 aliphatic carbocycles. The molecule has 0 amide bonds. The molecule has 0 radical (unpaired) electrons.